The lowest BCUT2D eigenvalue weighted by atomic mass is 9.83. The number of carbonyl (C=O) groups is 3. The van der Waals surface area contributed by atoms with Gasteiger partial charge in [0.25, 0.3) is 6.47 Å². The first kappa shape index (κ1) is 22.7. The quantitative estimate of drug-likeness (QED) is 0.680. The molecule has 5 rings (SSSR count). The average Bonchev–Trinajstić information content (AvgIpc) is 3.41. The summed E-state index contributed by atoms with van der Waals surface area (Å²) in [6, 6.07) is 8.21. The van der Waals surface area contributed by atoms with Gasteiger partial charge in [-0.15, -0.1) is 0 Å². The van der Waals surface area contributed by atoms with Gasteiger partial charge in [-0.05, 0) is 55.7 Å². The second-order valence-electron chi connectivity index (χ2n) is 9.34. The van der Waals surface area contributed by atoms with Crippen LogP contribution in [0.5, 0.6) is 0 Å². The van der Waals surface area contributed by atoms with Gasteiger partial charge in [0.15, 0.2) is 0 Å². The fourth-order valence-electron chi connectivity index (χ4n) is 6.06. The van der Waals surface area contributed by atoms with Crippen LogP contribution in [-0.2, 0) is 32.1 Å². The fourth-order valence-corrected chi connectivity index (χ4v) is 6.06. The molecule has 2 amide bonds. The van der Waals surface area contributed by atoms with Crippen molar-refractivity contribution in [1.82, 2.24) is 15.1 Å². The van der Waals surface area contributed by atoms with Crippen LogP contribution in [0.25, 0.3) is 0 Å². The monoisotopic (exact) mass is 443 g/mol. The van der Waals surface area contributed by atoms with Gasteiger partial charge in [-0.1, -0.05) is 24.3 Å². The molecule has 2 heterocycles. The topological polar surface area (TPSA) is 99.2 Å². The van der Waals surface area contributed by atoms with Crippen LogP contribution in [0.1, 0.15) is 30.4 Å². The van der Waals surface area contributed by atoms with Gasteiger partial charge in [0.05, 0.1) is 25.2 Å². The van der Waals surface area contributed by atoms with Gasteiger partial charge in [0.1, 0.15) is 0 Å². The number of ether oxygens (including phenoxy) is 1. The van der Waals surface area contributed by atoms with Crippen molar-refractivity contribution in [3.63, 3.8) is 0 Å². The first-order chi connectivity index (χ1) is 15.5. The molecule has 174 valence electrons. The third-order valence-corrected chi connectivity index (χ3v) is 7.62. The highest BCUT2D eigenvalue weighted by molar-refractivity contribution is 5.85. The number of hydrogen-bond donors (Lipinski definition) is 2. The smallest absolute Gasteiger partial charge is 0.290 e. The molecule has 4 aliphatic rings. The van der Waals surface area contributed by atoms with Crippen LogP contribution in [0.4, 0.5) is 0 Å². The molecule has 1 aromatic rings. The van der Waals surface area contributed by atoms with Crippen LogP contribution in [-0.4, -0.2) is 78.6 Å². The highest BCUT2D eigenvalue weighted by Gasteiger charge is 2.52. The lowest BCUT2D eigenvalue weighted by Gasteiger charge is -2.38. The van der Waals surface area contributed by atoms with Crippen molar-refractivity contribution in [1.29, 1.82) is 0 Å². The number of hydrogen-bond acceptors (Lipinski definition) is 5. The normalized spacial score (nSPS) is 31.3. The minimum Gasteiger partial charge on any atom is -0.483 e. The second-order valence-corrected chi connectivity index (χ2v) is 9.34. The van der Waals surface area contributed by atoms with Crippen LogP contribution in [0.3, 0.4) is 0 Å². The number of nitrogens with one attached hydrogen (secondary N) is 1. The Morgan fingerprint density at radius 2 is 1.78 bits per heavy atom. The molecule has 1 unspecified atom stereocenters. The summed E-state index contributed by atoms with van der Waals surface area (Å²) in [6.07, 6.45) is 4.07. The van der Waals surface area contributed by atoms with Crippen LogP contribution in [0, 0.1) is 17.8 Å². The number of benzene rings is 1. The standard InChI is InChI=1S/C23H31N3O3.CH2O2/c1-25-14-18-5-3-2-4-15(18)13-19(25)22(27)24-21-17-7-6-16(12-17)20(21)23(28)26-8-10-29-11-9-26;2-1-3/h2-5,16-17,19-21H,6-14H2,1H3,(H,24,27);1H,(H,2,3)/t16-,17+,19?,20+,21-;/m0./s1. The molecule has 32 heavy (non-hydrogen) atoms. The number of likely N-dealkylation sites (N-methyl/N-ethyl adjacent to an activating group) is 1. The molecule has 0 radical (unpaired) electrons. The molecule has 8 heteroatoms. The summed E-state index contributed by atoms with van der Waals surface area (Å²) < 4.78 is 5.42. The molecular formula is C24H33N3O5. The zero-order valence-corrected chi connectivity index (χ0v) is 18.6. The molecule has 2 aliphatic carbocycles. The van der Waals surface area contributed by atoms with Crippen molar-refractivity contribution in [2.45, 2.75) is 44.3 Å². The van der Waals surface area contributed by atoms with Crippen LogP contribution in [0.15, 0.2) is 24.3 Å². The second kappa shape index (κ2) is 10.0. The van der Waals surface area contributed by atoms with E-state index < -0.39 is 0 Å². The molecule has 8 nitrogen and oxygen atoms in total. The Morgan fingerprint density at radius 1 is 1.12 bits per heavy atom. The highest BCUT2D eigenvalue weighted by Crippen LogP contribution is 2.49. The minimum atomic E-state index is -0.250. The lowest BCUT2D eigenvalue weighted by molar-refractivity contribution is -0.143. The summed E-state index contributed by atoms with van der Waals surface area (Å²) >= 11 is 0. The van der Waals surface area contributed by atoms with E-state index in [-0.39, 0.29) is 36.3 Å². The molecule has 2 aliphatic heterocycles. The maximum atomic E-state index is 13.3. The van der Waals surface area contributed by atoms with E-state index in [1.54, 1.807) is 0 Å². The summed E-state index contributed by atoms with van der Waals surface area (Å²) in [5.41, 5.74) is 2.57. The zero-order valence-electron chi connectivity index (χ0n) is 18.6. The molecule has 0 aromatic heterocycles. The largest absolute Gasteiger partial charge is 0.483 e. The number of morpholine rings is 1. The van der Waals surface area contributed by atoms with E-state index in [0.717, 1.165) is 32.2 Å². The summed E-state index contributed by atoms with van der Waals surface area (Å²) in [7, 11) is 2.03. The maximum absolute atomic E-state index is 13.3. The molecule has 5 atom stereocenters. The first-order valence-electron chi connectivity index (χ1n) is 11.5. The minimum absolute atomic E-state index is 0.0119. The van der Waals surface area contributed by atoms with Gasteiger partial charge in [-0.2, -0.15) is 0 Å². The third-order valence-electron chi connectivity index (χ3n) is 7.62. The van der Waals surface area contributed by atoms with Crippen LogP contribution in [0.2, 0.25) is 0 Å². The predicted molar refractivity (Wildman–Crippen MR) is 118 cm³/mol. The van der Waals surface area contributed by atoms with Crippen molar-refractivity contribution in [3.05, 3.63) is 35.4 Å². The maximum Gasteiger partial charge on any atom is 0.290 e. The summed E-state index contributed by atoms with van der Waals surface area (Å²) in [5, 5.41) is 10.2. The van der Waals surface area contributed by atoms with Crippen molar-refractivity contribution >= 4 is 18.3 Å². The molecule has 2 N–H and O–H groups in total. The van der Waals surface area contributed by atoms with E-state index >= 15 is 0 Å². The number of carbonyl (C=O) groups excluding carboxylic acids is 2. The molecule has 1 saturated heterocycles. The van der Waals surface area contributed by atoms with Gasteiger partial charge in [-0.3, -0.25) is 19.3 Å². The van der Waals surface area contributed by atoms with E-state index in [9.17, 15) is 9.59 Å². The Balaban J connectivity index is 0.000000775. The number of carboxylic acid groups (broad SMARTS) is 1. The van der Waals surface area contributed by atoms with Gasteiger partial charge in [-0.25, -0.2) is 0 Å². The summed E-state index contributed by atoms with van der Waals surface area (Å²) in [4.78, 5) is 39.1. The third kappa shape index (κ3) is 4.52. The van der Waals surface area contributed by atoms with E-state index in [2.05, 4.69) is 28.4 Å². The SMILES string of the molecule is CN1Cc2ccccc2CC1C(=O)N[C@H]1[C@@H]2CC[C@@H](C2)[C@H]1C(=O)N1CCOCC1.O=CO. The van der Waals surface area contributed by atoms with Crippen molar-refractivity contribution < 1.29 is 24.2 Å². The molecule has 2 saturated carbocycles. The Labute approximate surface area is 188 Å². The summed E-state index contributed by atoms with van der Waals surface area (Å²) in [6.45, 7) is 3.14. The van der Waals surface area contributed by atoms with E-state index in [1.807, 2.05) is 18.0 Å². The summed E-state index contributed by atoms with van der Waals surface area (Å²) in [5.74, 6) is 1.12. The van der Waals surface area contributed by atoms with Gasteiger partial charge < -0.3 is 20.1 Å². The predicted octanol–water partition coefficient (Wildman–Crippen LogP) is 1.13. The number of rotatable bonds is 3. The lowest BCUT2D eigenvalue weighted by Crippen LogP contribution is -2.56. The molecule has 3 fully saturated rings. The van der Waals surface area contributed by atoms with E-state index in [1.165, 1.54) is 11.1 Å². The fraction of sp³-hybridized carbons (Fsp3) is 0.625. The average molecular weight is 444 g/mol. The van der Waals surface area contributed by atoms with Gasteiger partial charge >= 0.3 is 0 Å². The van der Waals surface area contributed by atoms with Crippen LogP contribution < -0.4 is 5.32 Å². The molecule has 2 bridgehead atoms. The zero-order chi connectivity index (χ0) is 22.7. The van der Waals surface area contributed by atoms with Gasteiger partial charge in [0, 0.05) is 25.7 Å². The highest BCUT2D eigenvalue weighted by atomic mass is 16.5. The Bertz CT molecular complexity index is 841. The van der Waals surface area contributed by atoms with Crippen molar-refractivity contribution in [3.8, 4) is 0 Å². The molecule has 0 spiro atoms. The van der Waals surface area contributed by atoms with E-state index in [0.29, 0.717) is 38.1 Å². The Hall–Kier alpha value is -2.45. The van der Waals surface area contributed by atoms with E-state index in [4.69, 9.17) is 14.6 Å². The Kier molecular flexibility index (Phi) is 7.10. The number of nitrogens with zero attached hydrogens (tertiary/aromatic N) is 2. The number of fused-ring (bicyclic) bond motifs is 3. The van der Waals surface area contributed by atoms with Crippen molar-refractivity contribution in [2.24, 2.45) is 17.8 Å². The van der Waals surface area contributed by atoms with Gasteiger partial charge in [0.2, 0.25) is 11.8 Å². The van der Waals surface area contributed by atoms with Crippen LogP contribution >= 0.6 is 0 Å². The number of amides is 2. The first-order valence-corrected chi connectivity index (χ1v) is 11.5. The Morgan fingerprint density at radius 3 is 2.50 bits per heavy atom. The van der Waals surface area contributed by atoms with Crippen molar-refractivity contribution in [2.75, 3.05) is 33.4 Å². The molecular weight excluding hydrogens is 410 g/mol. The molecule has 1 aromatic carbocycles.